The molecule has 17 heavy (non-hydrogen) atoms. The molecule has 2 aliphatic rings. The highest BCUT2D eigenvalue weighted by Crippen LogP contribution is 2.30. The van der Waals surface area contributed by atoms with Crippen molar-refractivity contribution < 1.29 is 4.74 Å². The van der Waals surface area contributed by atoms with E-state index < -0.39 is 0 Å². The van der Waals surface area contributed by atoms with Gasteiger partial charge in [-0.3, -0.25) is 9.58 Å². The van der Waals surface area contributed by atoms with Gasteiger partial charge >= 0.3 is 0 Å². The molecule has 5 heteroatoms. The van der Waals surface area contributed by atoms with E-state index in [9.17, 15) is 0 Å². The first-order valence-corrected chi connectivity index (χ1v) is 6.34. The minimum Gasteiger partial charge on any atom is -0.382 e. The van der Waals surface area contributed by atoms with Gasteiger partial charge in [0.05, 0.1) is 24.9 Å². The zero-order valence-electron chi connectivity index (χ0n) is 10.5. The van der Waals surface area contributed by atoms with Crippen LogP contribution >= 0.6 is 0 Å². The Balaban J connectivity index is 1.81. The summed E-state index contributed by atoms with van der Waals surface area (Å²) < 4.78 is 7.61. The minimum atomic E-state index is 0.477. The van der Waals surface area contributed by atoms with E-state index in [0.717, 1.165) is 26.1 Å². The molecule has 3 heterocycles. The first kappa shape index (κ1) is 11.0. The van der Waals surface area contributed by atoms with Crippen molar-refractivity contribution in [2.24, 2.45) is 0 Å². The normalized spacial score (nSPS) is 21.6. The lowest BCUT2D eigenvalue weighted by molar-refractivity contribution is 0.0546. The predicted molar refractivity (Wildman–Crippen MR) is 65.7 cm³/mol. The van der Waals surface area contributed by atoms with E-state index in [1.807, 2.05) is 0 Å². The third-order valence-electron chi connectivity index (χ3n) is 3.85. The number of hydrogen-bond donors (Lipinski definition) is 1. The van der Waals surface area contributed by atoms with E-state index in [1.165, 1.54) is 11.3 Å². The second-order valence-electron chi connectivity index (χ2n) is 5.26. The monoisotopic (exact) mass is 236 g/mol. The molecule has 1 aromatic rings. The number of fused-ring (bicyclic) bond motifs is 1. The molecule has 0 aromatic carbocycles. The van der Waals surface area contributed by atoms with Gasteiger partial charge in [-0.1, -0.05) is 0 Å². The number of hydrogen-bond acceptors (Lipinski definition) is 4. The van der Waals surface area contributed by atoms with Gasteiger partial charge in [0.1, 0.15) is 5.82 Å². The lowest BCUT2D eigenvalue weighted by atomic mass is 10.1. The molecule has 0 saturated carbocycles. The van der Waals surface area contributed by atoms with Crippen molar-refractivity contribution in [1.82, 2.24) is 14.7 Å². The lowest BCUT2D eigenvalue weighted by Gasteiger charge is -2.42. The number of likely N-dealkylation sites (tertiary alicyclic amines) is 1. The Bertz CT molecular complexity index is 420. The second-order valence-corrected chi connectivity index (χ2v) is 5.26. The molecule has 0 aliphatic carbocycles. The number of aromatic nitrogens is 2. The average Bonchev–Trinajstić information content (AvgIpc) is 2.55. The van der Waals surface area contributed by atoms with Gasteiger partial charge in [0.25, 0.3) is 0 Å². The summed E-state index contributed by atoms with van der Waals surface area (Å²) in [6.07, 6.45) is 0.905. The maximum absolute atomic E-state index is 5.97. The minimum absolute atomic E-state index is 0.477. The maximum atomic E-state index is 5.97. The molecule has 2 aliphatic heterocycles. The zero-order valence-corrected chi connectivity index (χ0v) is 10.5. The summed E-state index contributed by atoms with van der Waals surface area (Å²) >= 11 is 0. The van der Waals surface area contributed by atoms with Crippen molar-refractivity contribution in [3.63, 3.8) is 0 Å². The molecule has 1 fully saturated rings. The summed E-state index contributed by atoms with van der Waals surface area (Å²) in [5.74, 6) is 0.700. The van der Waals surface area contributed by atoms with Gasteiger partial charge < -0.3 is 10.5 Å². The largest absolute Gasteiger partial charge is 0.382 e. The SMILES string of the molecule is CC(C)N1CC(n2nc(N)c3c2COCC3)C1. The van der Waals surface area contributed by atoms with Gasteiger partial charge in [0.2, 0.25) is 0 Å². The van der Waals surface area contributed by atoms with Crippen LogP contribution in [0.3, 0.4) is 0 Å². The lowest BCUT2D eigenvalue weighted by Crippen LogP contribution is -2.51. The van der Waals surface area contributed by atoms with Crippen LogP contribution in [0.1, 0.15) is 31.1 Å². The summed E-state index contributed by atoms with van der Waals surface area (Å²) in [5.41, 5.74) is 8.38. The highest BCUT2D eigenvalue weighted by atomic mass is 16.5. The fourth-order valence-corrected chi connectivity index (χ4v) is 2.66. The molecule has 5 nitrogen and oxygen atoms in total. The number of anilines is 1. The van der Waals surface area contributed by atoms with E-state index >= 15 is 0 Å². The van der Waals surface area contributed by atoms with Crippen molar-refractivity contribution in [2.45, 2.75) is 39.0 Å². The molecular formula is C12H20N4O. The molecule has 0 atom stereocenters. The van der Waals surface area contributed by atoms with Crippen LogP contribution in [0.4, 0.5) is 5.82 Å². The van der Waals surface area contributed by atoms with Gasteiger partial charge in [0.15, 0.2) is 0 Å². The van der Waals surface area contributed by atoms with Crippen LogP contribution < -0.4 is 5.73 Å². The van der Waals surface area contributed by atoms with Gasteiger partial charge in [-0.05, 0) is 13.8 Å². The Morgan fingerprint density at radius 1 is 1.41 bits per heavy atom. The molecule has 1 aromatic heterocycles. The molecule has 2 N–H and O–H groups in total. The topological polar surface area (TPSA) is 56.3 Å². The van der Waals surface area contributed by atoms with Gasteiger partial charge in [-0.15, -0.1) is 0 Å². The summed E-state index contributed by atoms with van der Waals surface area (Å²) in [4.78, 5) is 2.44. The second kappa shape index (κ2) is 3.99. The fourth-order valence-electron chi connectivity index (χ4n) is 2.66. The highest BCUT2D eigenvalue weighted by Gasteiger charge is 2.33. The van der Waals surface area contributed by atoms with Crippen molar-refractivity contribution >= 4 is 5.82 Å². The smallest absolute Gasteiger partial charge is 0.149 e. The number of nitrogen functional groups attached to an aromatic ring is 1. The van der Waals surface area contributed by atoms with E-state index in [-0.39, 0.29) is 0 Å². The van der Waals surface area contributed by atoms with E-state index in [2.05, 4.69) is 28.5 Å². The van der Waals surface area contributed by atoms with Gasteiger partial charge in [0, 0.05) is 31.1 Å². The molecule has 1 saturated heterocycles. The molecule has 0 spiro atoms. The van der Waals surface area contributed by atoms with Crippen LogP contribution in [0.5, 0.6) is 0 Å². The van der Waals surface area contributed by atoms with Crippen LogP contribution in [0.2, 0.25) is 0 Å². The molecule has 94 valence electrons. The van der Waals surface area contributed by atoms with Crippen molar-refractivity contribution in [3.8, 4) is 0 Å². The van der Waals surface area contributed by atoms with Crippen LogP contribution in [0, 0.1) is 0 Å². The van der Waals surface area contributed by atoms with Crippen LogP contribution in [0.25, 0.3) is 0 Å². The van der Waals surface area contributed by atoms with Gasteiger partial charge in [-0.2, -0.15) is 5.10 Å². The van der Waals surface area contributed by atoms with E-state index in [1.54, 1.807) is 0 Å². The highest BCUT2D eigenvalue weighted by molar-refractivity contribution is 5.43. The summed E-state index contributed by atoms with van der Waals surface area (Å²) in [5, 5.41) is 4.50. The fraction of sp³-hybridized carbons (Fsp3) is 0.750. The molecule has 3 rings (SSSR count). The van der Waals surface area contributed by atoms with Crippen LogP contribution in [-0.4, -0.2) is 40.4 Å². The number of nitrogens with zero attached hydrogens (tertiary/aromatic N) is 3. The first-order chi connectivity index (χ1) is 8.16. The third kappa shape index (κ3) is 1.73. The molecule has 0 amide bonds. The molecular weight excluding hydrogens is 216 g/mol. The average molecular weight is 236 g/mol. The Morgan fingerprint density at radius 3 is 2.88 bits per heavy atom. The molecule has 0 unspecified atom stereocenters. The number of nitrogens with two attached hydrogens (primary N) is 1. The Labute approximate surface area is 102 Å². The Hall–Kier alpha value is -1.07. The van der Waals surface area contributed by atoms with E-state index in [0.29, 0.717) is 24.5 Å². The first-order valence-electron chi connectivity index (χ1n) is 6.34. The Kier molecular flexibility index (Phi) is 2.60. The standard InChI is InChI=1S/C12H20N4O/c1-8(2)15-5-9(6-15)16-11-7-17-4-3-10(11)12(13)14-16/h8-9H,3-7H2,1-2H3,(H2,13,14). The quantitative estimate of drug-likeness (QED) is 0.825. The summed E-state index contributed by atoms with van der Waals surface area (Å²) in [6, 6.07) is 1.09. The third-order valence-corrected chi connectivity index (χ3v) is 3.85. The van der Waals surface area contributed by atoms with Crippen molar-refractivity contribution in [1.29, 1.82) is 0 Å². The summed E-state index contributed by atoms with van der Waals surface area (Å²) in [6.45, 7) is 8.04. The van der Waals surface area contributed by atoms with Crippen LogP contribution in [-0.2, 0) is 17.8 Å². The van der Waals surface area contributed by atoms with Crippen molar-refractivity contribution in [3.05, 3.63) is 11.3 Å². The number of rotatable bonds is 2. The summed E-state index contributed by atoms with van der Waals surface area (Å²) in [7, 11) is 0. The predicted octanol–water partition coefficient (Wildman–Crippen LogP) is 0.803. The molecule has 0 bridgehead atoms. The van der Waals surface area contributed by atoms with Crippen LogP contribution in [0.15, 0.2) is 0 Å². The van der Waals surface area contributed by atoms with E-state index in [4.69, 9.17) is 10.5 Å². The number of ether oxygens (including phenoxy) is 1. The zero-order chi connectivity index (χ0) is 12.0. The maximum Gasteiger partial charge on any atom is 0.149 e. The van der Waals surface area contributed by atoms with Crippen molar-refractivity contribution in [2.75, 3.05) is 25.4 Å². The van der Waals surface area contributed by atoms with Gasteiger partial charge in [-0.25, -0.2) is 0 Å². The molecule has 0 radical (unpaired) electrons. The Morgan fingerprint density at radius 2 is 2.18 bits per heavy atom.